The molecule has 1 aliphatic heterocycles. The summed E-state index contributed by atoms with van der Waals surface area (Å²) in [6.07, 6.45) is -3.80. The molecule has 1 aromatic rings. The van der Waals surface area contributed by atoms with Gasteiger partial charge in [-0.25, -0.2) is 4.79 Å². The van der Waals surface area contributed by atoms with E-state index in [1.54, 1.807) is 20.8 Å². The van der Waals surface area contributed by atoms with Crippen LogP contribution in [0.1, 0.15) is 39.2 Å². The van der Waals surface area contributed by atoms with Gasteiger partial charge in [0.2, 0.25) is 0 Å². The van der Waals surface area contributed by atoms with Crippen LogP contribution in [0.25, 0.3) is 0 Å². The Kier molecular flexibility index (Phi) is 5.30. The molecule has 1 amide bonds. The van der Waals surface area contributed by atoms with E-state index in [1.807, 2.05) is 0 Å². The first-order chi connectivity index (χ1) is 11.0. The molecule has 4 nitrogen and oxygen atoms in total. The number of hydrogen-bond donors (Lipinski definition) is 0. The van der Waals surface area contributed by atoms with Gasteiger partial charge in [-0.1, -0.05) is 6.07 Å². The molecule has 1 aromatic carbocycles. The lowest BCUT2D eigenvalue weighted by atomic mass is 10.1. The second-order valence-electron chi connectivity index (χ2n) is 6.83. The number of halogens is 3. The van der Waals surface area contributed by atoms with Crippen LogP contribution in [-0.2, 0) is 10.9 Å². The SMILES string of the molecule is CC(C)(C)OC(=O)N1CCC[C@@H](Oc2cccc(C(F)(F)F)c2)C1. The molecular formula is C17H22F3NO3. The largest absolute Gasteiger partial charge is 0.489 e. The summed E-state index contributed by atoms with van der Waals surface area (Å²) in [5, 5.41) is 0. The van der Waals surface area contributed by atoms with Crippen molar-refractivity contribution in [1.29, 1.82) is 0 Å². The third kappa shape index (κ3) is 5.32. The van der Waals surface area contributed by atoms with Crippen LogP contribution in [-0.4, -0.2) is 35.8 Å². The van der Waals surface area contributed by atoms with Crippen molar-refractivity contribution in [3.8, 4) is 5.75 Å². The molecule has 0 spiro atoms. The zero-order valence-electron chi connectivity index (χ0n) is 14.0. The topological polar surface area (TPSA) is 38.8 Å². The molecule has 0 unspecified atom stereocenters. The van der Waals surface area contributed by atoms with Gasteiger partial charge in [0.05, 0.1) is 12.1 Å². The molecule has 0 saturated carbocycles. The smallest absolute Gasteiger partial charge is 0.416 e. The maximum Gasteiger partial charge on any atom is 0.416 e. The Morgan fingerprint density at radius 2 is 1.96 bits per heavy atom. The maximum atomic E-state index is 12.7. The van der Waals surface area contributed by atoms with Gasteiger partial charge in [0.1, 0.15) is 17.5 Å². The van der Waals surface area contributed by atoms with Crippen LogP contribution in [0.2, 0.25) is 0 Å². The minimum absolute atomic E-state index is 0.154. The fraction of sp³-hybridized carbons (Fsp3) is 0.588. The first kappa shape index (κ1) is 18.4. The second kappa shape index (κ2) is 6.91. The Balaban J connectivity index is 1.99. The van der Waals surface area contributed by atoms with Crippen molar-refractivity contribution in [2.45, 2.75) is 51.5 Å². The van der Waals surface area contributed by atoms with Crippen LogP contribution in [0.3, 0.4) is 0 Å². The highest BCUT2D eigenvalue weighted by molar-refractivity contribution is 5.68. The van der Waals surface area contributed by atoms with Gasteiger partial charge in [-0.3, -0.25) is 0 Å². The monoisotopic (exact) mass is 345 g/mol. The molecule has 1 aliphatic rings. The molecule has 1 heterocycles. The number of nitrogens with zero attached hydrogens (tertiary/aromatic N) is 1. The van der Waals surface area contributed by atoms with Gasteiger partial charge in [-0.2, -0.15) is 13.2 Å². The van der Waals surface area contributed by atoms with Crippen LogP contribution in [0, 0.1) is 0 Å². The summed E-state index contributed by atoms with van der Waals surface area (Å²) >= 11 is 0. The number of carbonyl (C=O) groups excluding carboxylic acids is 1. The molecule has 134 valence electrons. The first-order valence-corrected chi connectivity index (χ1v) is 7.86. The van der Waals surface area contributed by atoms with E-state index in [4.69, 9.17) is 9.47 Å². The van der Waals surface area contributed by atoms with Gasteiger partial charge in [0.15, 0.2) is 0 Å². The average Bonchev–Trinajstić information content (AvgIpc) is 2.45. The van der Waals surface area contributed by atoms with Gasteiger partial charge in [0, 0.05) is 6.54 Å². The summed E-state index contributed by atoms with van der Waals surface area (Å²) in [5.41, 5.74) is -1.34. The number of hydrogen-bond acceptors (Lipinski definition) is 3. The van der Waals surface area contributed by atoms with E-state index >= 15 is 0 Å². The minimum atomic E-state index is -4.41. The van der Waals surface area contributed by atoms with E-state index in [1.165, 1.54) is 17.0 Å². The average molecular weight is 345 g/mol. The van der Waals surface area contributed by atoms with Gasteiger partial charge in [0.25, 0.3) is 0 Å². The maximum absolute atomic E-state index is 12.7. The van der Waals surface area contributed by atoms with Crippen LogP contribution in [0.4, 0.5) is 18.0 Å². The summed E-state index contributed by atoms with van der Waals surface area (Å²) in [7, 11) is 0. The molecule has 2 rings (SSSR count). The van der Waals surface area contributed by atoms with E-state index < -0.39 is 23.4 Å². The van der Waals surface area contributed by atoms with Crippen LogP contribution in [0.5, 0.6) is 5.75 Å². The lowest BCUT2D eigenvalue weighted by Gasteiger charge is -2.34. The van der Waals surface area contributed by atoms with Crippen LogP contribution in [0.15, 0.2) is 24.3 Å². The third-order valence-electron chi connectivity index (χ3n) is 3.49. The lowest BCUT2D eigenvalue weighted by Crippen LogP contribution is -2.46. The summed E-state index contributed by atoms with van der Waals surface area (Å²) < 4.78 is 49.2. The Morgan fingerprint density at radius 1 is 1.25 bits per heavy atom. The molecular weight excluding hydrogens is 323 g/mol. The number of ether oxygens (including phenoxy) is 2. The van der Waals surface area contributed by atoms with Crippen LogP contribution < -0.4 is 4.74 Å². The number of rotatable bonds is 2. The molecule has 0 bridgehead atoms. The normalized spacial score (nSPS) is 19.1. The van der Waals surface area contributed by atoms with Crippen molar-refractivity contribution < 1.29 is 27.4 Å². The summed E-state index contributed by atoms with van der Waals surface area (Å²) in [5.74, 6) is 0.154. The summed E-state index contributed by atoms with van der Waals surface area (Å²) in [6, 6.07) is 4.78. The Labute approximate surface area is 139 Å². The van der Waals surface area contributed by atoms with Crippen molar-refractivity contribution in [1.82, 2.24) is 4.90 Å². The summed E-state index contributed by atoms with van der Waals surface area (Å²) in [4.78, 5) is 13.6. The zero-order chi connectivity index (χ0) is 18.0. The second-order valence-corrected chi connectivity index (χ2v) is 6.83. The Hall–Kier alpha value is -1.92. The predicted molar refractivity (Wildman–Crippen MR) is 82.9 cm³/mol. The van der Waals surface area contributed by atoms with Gasteiger partial charge >= 0.3 is 12.3 Å². The van der Waals surface area contributed by atoms with Gasteiger partial charge < -0.3 is 14.4 Å². The quantitative estimate of drug-likeness (QED) is 0.793. The fourth-order valence-corrected chi connectivity index (χ4v) is 2.46. The highest BCUT2D eigenvalue weighted by Crippen LogP contribution is 2.32. The molecule has 1 saturated heterocycles. The highest BCUT2D eigenvalue weighted by Gasteiger charge is 2.32. The van der Waals surface area contributed by atoms with E-state index in [-0.39, 0.29) is 11.9 Å². The lowest BCUT2D eigenvalue weighted by molar-refractivity contribution is -0.137. The van der Waals surface area contributed by atoms with E-state index in [2.05, 4.69) is 0 Å². The first-order valence-electron chi connectivity index (χ1n) is 7.86. The number of benzene rings is 1. The predicted octanol–water partition coefficient (Wildman–Crippen LogP) is 4.48. The Bertz CT molecular complexity index is 581. The number of carbonyl (C=O) groups is 1. The van der Waals surface area contributed by atoms with Crippen molar-refractivity contribution in [2.75, 3.05) is 13.1 Å². The van der Waals surface area contributed by atoms with Crippen molar-refractivity contribution in [3.05, 3.63) is 29.8 Å². The van der Waals surface area contributed by atoms with Gasteiger partial charge in [-0.05, 0) is 51.8 Å². The number of piperidine rings is 1. The molecule has 0 aliphatic carbocycles. The summed E-state index contributed by atoms with van der Waals surface area (Å²) in [6.45, 7) is 6.20. The molecule has 7 heteroatoms. The molecule has 0 aromatic heterocycles. The molecule has 0 N–H and O–H groups in total. The molecule has 1 atom stereocenters. The molecule has 0 radical (unpaired) electrons. The van der Waals surface area contributed by atoms with Crippen molar-refractivity contribution >= 4 is 6.09 Å². The highest BCUT2D eigenvalue weighted by atomic mass is 19.4. The van der Waals surface area contributed by atoms with E-state index in [0.29, 0.717) is 25.9 Å². The standard InChI is InChI=1S/C17H22F3NO3/c1-16(2,3)24-15(22)21-9-5-8-14(11-21)23-13-7-4-6-12(10-13)17(18,19)20/h4,6-7,10,14H,5,8-9,11H2,1-3H3/t14-/m1/s1. The van der Waals surface area contributed by atoms with E-state index in [0.717, 1.165) is 12.1 Å². The number of likely N-dealkylation sites (tertiary alicyclic amines) is 1. The Morgan fingerprint density at radius 3 is 2.58 bits per heavy atom. The third-order valence-corrected chi connectivity index (χ3v) is 3.49. The van der Waals surface area contributed by atoms with Crippen LogP contribution >= 0.6 is 0 Å². The van der Waals surface area contributed by atoms with Gasteiger partial charge in [-0.15, -0.1) is 0 Å². The van der Waals surface area contributed by atoms with E-state index in [9.17, 15) is 18.0 Å². The molecule has 24 heavy (non-hydrogen) atoms. The number of amides is 1. The minimum Gasteiger partial charge on any atom is -0.489 e. The molecule has 1 fully saturated rings. The zero-order valence-corrected chi connectivity index (χ0v) is 14.0. The fourth-order valence-electron chi connectivity index (χ4n) is 2.46. The van der Waals surface area contributed by atoms with Crippen molar-refractivity contribution in [3.63, 3.8) is 0 Å². The number of alkyl halides is 3. The van der Waals surface area contributed by atoms with Crippen molar-refractivity contribution in [2.24, 2.45) is 0 Å².